The zero-order chi connectivity index (χ0) is 17.2. The van der Waals surface area contributed by atoms with Crippen LogP contribution >= 0.6 is 0 Å². The molecule has 1 saturated heterocycles. The molecule has 2 aromatic rings. The van der Waals surface area contributed by atoms with Gasteiger partial charge in [-0.05, 0) is 25.1 Å². The summed E-state index contributed by atoms with van der Waals surface area (Å²) in [7, 11) is 0. The molecular weight excluding hydrogens is 313 g/mol. The molecule has 1 aliphatic heterocycles. The molecule has 7 heteroatoms. The maximum Gasteiger partial charge on any atom is 0.244 e. The van der Waals surface area contributed by atoms with Crippen LogP contribution in [-0.2, 0) is 11.3 Å². The highest BCUT2D eigenvalue weighted by Crippen LogP contribution is 2.27. The summed E-state index contributed by atoms with van der Waals surface area (Å²) in [6.45, 7) is 2.39. The number of likely N-dealkylation sites (tertiary alicyclic amines) is 1. The highest BCUT2D eigenvalue weighted by Gasteiger charge is 2.41. The molecule has 1 fully saturated rings. The number of carbonyl (C=O) groups excluding carboxylic acids is 1. The largest absolute Gasteiger partial charge is 0.487 e. The maximum atomic E-state index is 13.3. The first kappa shape index (κ1) is 16.4. The minimum Gasteiger partial charge on any atom is -0.487 e. The molecule has 0 spiro atoms. The van der Waals surface area contributed by atoms with Crippen molar-refractivity contribution in [2.24, 2.45) is 0 Å². The molecule has 1 N–H and O–H groups in total. The van der Waals surface area contributed by atoms with E-state index in [0.29, 0.717) is 18.7 Å². The van der Waals surface area contributed by atoms with Crippen molar-refractivity contribution in [1.29, 1.82) is 0 Å². The second kappa shape index (κ2) is 6.60. The van der Waals surface area contributed by atoms with Gasteiger partial charge in [0, 0.05) is 31.4 Å². The van der Waals surface area contributed by atoms with E-state index in [1.54, 1.807) is 47.1 Å². The summed E-state index contributed by atoms with van der Waals surface area (Å²) in [4.78, 5) is 13.9. The third-order valence-electron chi connectivity index (χ3n) is 4.15. The average Bonchev–Trinajstić information content (AvgIpc) is 3.02. The molecule has 0 bridgehead atoms. The summed E-state index contributed by atoms with van der Waals surface area (Å²) >= 11 is 0. The second-order valence-electron chi connectivity index (χ2n) is 6.23. The standard InChI is InChI=1S/C17H20FN3O3/c1-17(23)12-20(16(22)11-21-8-3-7-19-21)9-6-15(17)24-14-5-2-4-13(18)10-14/h2-5,7-8,10,15,23H,6,9,11-12H2,1H3/t15-,17-/m0/s1. The third kappa shape index (κ3) is 3.73. The quantitative estimate of drug-likeness (QED) is 0.920. The lowest BCUT2D eigenvalue weighted by Gasteiger charge is -2.42. The number of amides is 1. The van der Waals surface area contributed by atoms with E-state index in [1.807, 2.05) is 0 Å². The van der Waals surface area contributed by atoms with Crippen molar-refractivity contribution in [2.45, 2.75) is 31.6 Å². The van der Waals surface area contributed by atoms with Crippen LogP contribution in [0.5, 0.6) is 5.75 Å². The Bertz CT molecular complexity index is 703. The third-order valence-corrected chi connectivity index (χ3v) is 4.15. The van der Waals surface area contributed by atoms with Crippen LogP contribution in [0.1, 0.15) is 13.3 Å². The van der Waals surface area contributed by atoms with Gasteiger partial charge in [0.15, 0.2) is 0 Å². The number of hydrogen-bond donors (Lipinski definition) is 1. The van der Waals surface area contributed by atoms with E-state index >= 15 is 0 Å². The van der Waals surface area contributed by atoms with Gasteiger partial charge in [-0.15, -0.1) is 0 Å². The molecular formula is C17H20FN3O3. The lowest BCUT2D eigenvalue weighted by molar-refractivity contribution is -0.146. The van der Waals surface area contributed by atoms with Crippen LogP contribution in [0.4, 0.5) is 4.39 Å². The minimum atomic E-state index is -1.22. The number of aliphatic hydroxyl groups is 1. The second-order valence-corrected chi connectivity index (χ2v) is 6.23. The number of halogens is 1. The number of nitrogens with zero attached hydrogens (tertiary/aromatic N) is 3. The van der Waals surface area contributed by atoms with Crippen molar-refractivity contribution >= 4 is 5.91 Å². The summed E-state index contributed by atoms with van der Waals surface area (Å²) in [5, 5.41) is 14.7. The molecule has 0 radical (unpaired) electrons. The molecule has 3 rings (SSSR count). The molecule has 1 aliphatic rings. The molecule has 1 aromatic carbocycles. The summed E-state index contributed by atoms with van der Waals surface area (Å²) in [6.07, 6.45) is 3.29. The summed E-state index contributed by atoms with van der Waals surface area (Å²) < 4.78 is 20.5. The van der Waals surface area contributed by atoms with Gasteiger partial charge in [-0.25, -0.2) is 4.39 Å². The molecule has 2 heterocycles. The summed E-state index contributed by atoms with van der Waals surface area (Å²) in [5.41, 5.74) is -1.22. The van der Waals surface area contributed by atoms with Crippen LogP contribution in [0.2, 0.25) is 0 Å². The van der Waals surface area contributed by atoms with Crippen molar-refractivity contribution in [2.75, 3.05) is 13.1 Å². The Morgan fingerprint density at radius 3 is 3.00 bits per heavy atom. The predicted molar refractivity (Wildman–Crippen MR) is 84.9 cm³/mol. The number of aromatic nitrogens is 2. The first-order chi connectivity index (χ1) is 11.4. The van der Waals surface area contributed by atoms with Crippen LogP contribution in [0.15, 0.2) is 42.7 Å². The number of rotatable bonds is 4. The van der Waals surface area contributed by atoms with E-state index in [9.17, 15) is 14.3 Å². The lowest BCUT2D eigenvalue weighted by atomic mass is 9.91. The van der Waals surface area contributed by atoms with E-state index in [-0.39, 0.29) is 24.8 Å². The molecule has 128 valence electrons. The number of benzene rings is 1. The fourth-order valence-corrected chi connectivity index (χ4v) is 2.89. The topological polar surface area (TPSA) is 67.6 Å². The normalized spacial score (nSPS) is 24.0. The van der Waals surface area contributed by atoms with Crippen LogP contribution in [0.25, 0.3) is 0 Å². The first-order valence-corrected chi connectivity index (χ1v) is 7.84. The highest BCUT2D eigenvalue weighted by atomic mass is 19.1. The van der Waals surface area contributed by atoms with E-state index in [4.69, 9.17) is 4.74 Å². The highest BCUT2D eigenvalue weighted by molar-refractivity contribution is 5.76. The summed E-state index contributed by atoms with van der Waals surface area (Å²) in [5.74, 6) is -0.126. The van der Waals surface area contributed by atoms with Crippen LogP contribution < -0.4 is 4.74 Å². The monoisotopic (exact) mass is 333 g/mol. The van der Waals surface area contributed by atoms with Crippen molar-refractivity contribution in [1.82, 2.24) is 14.7 Å². The number of piperidine rings is 1. The van der Waals surface area contributed by atoms with Gasteiger partial charge in [0.2, 0.25) is 5.91 Å². The molecule has 1 aromatic heterocycles. The van der Waals surface area contributed by atoms with Gasteiger partial charge in [-0.1, -0.05) is 6.07 Å². The van der Waals surface area contributed by atoms with Crippen LogP contribution in [0, 0.1) is 5.82 Å². The number of β-amino-alcohol motifs (C(OH)–C–C–N with tert-alkyl or cyclic N) is 1. The van der Waals surface area contributed by atoms with Crippen molar-refractivity contribution in [3.8, 4) is 5.75 Å². The van der Waals surface area contributed by atoms with Crippen molar-refractivity contribution in [3.63, 3.8) is 0 Å². The number of carbonyl (C=O) groups is 1. The Kier molecular flexibility index (Phi) is 4.53. The van der Waals surface area contributed by atoms with E-state index < -0.39 is 11.7 Å². The van der Waals surface area contributed by atoms with E-state index in [1.165, 1.54) is 12.1 Å². The van der Waals surface area contributed by atoms with Gasteiger partial charge in [-0.2, -0.15) is 5.10 Å². The van der Waals surface area contributed by atoms with Crippen LogP contribution in [-0.4, -0.2) is 50.5 Å². The van der Waals surface area contributed by atoms with Crippen molar-refractivity contribution < 1.29 is 19.0 Å². The molecule has 24 heavy (non-hydrogen) atoms. The minimum absolute atomic E-state index is 0.108. The average molecular weight is 333 g/mol. The van der Waals surface area contributed by atoms with Crippen molar-refractivity contribution in [3.05, 3.63) is 48.5 Å². The SMILES string of the molecule is C[C@]1(O)CN(C(=O)Cn2cccn2)CC[C@@H]1Oc1cccc(F)c1. The fourth-order valence-electron chi connectivity index (χ4n) is 2.89. The Balaban J connectivity index is 1.62. The zero-order valence-electron chi connectivity index (χ0n) is 13.4. The van der Waals surface area contributed by atoms with Gasteiger partial charge in [0.25, 0.3) is 0 Å². The molecule has 0 unspecified atom stereocenters. The molecule has 0 saturated carbocycles. The molecule has 1 amide bonds. The Hall–Kier alpha value is -2.41. The van der Waals surface area contributed by atoms with Gasteiger partial charge >= 0.3 is 0 Å². The molecule has 6 nitrogen and oxygen atoms in total. The van der Waals surface area contributed by atoms with Gasteiger partial charge < -0.3 is 14.7 Å². The molecule has 0 aliphatic carbocycles. The number of hydrogen-bond acceptors (Lipinski definition) is 4. The first-order valence-electron chi connectivity index (χ1n) is 7.84. The Morgan fingerprint density at radius 1 is 1.50 bits per heavy atom. The van der Waals surface area contributed by atoms with E-state index in [2.05, 4.69) is 5.10 Å². The summed E-state index contributed by atoms with van der Waals surface area (Å²) in [6, 6.07) is 7.58. The fraction of sp³-hybridized carbons (Fsp3) is 0.412. The Morgan fingerprint density at radius 2 is 2.33 bits per heavy atom. The predicted octanol–water partition coefficient (Wildman–Crippen LogP) is 1.45. The zero-order valence-corrected chi connectivity index (χ0v) is 13.4. The Labute approximate surface area is 139 Å². The van der Waals surface area contributed by atoms with Gasteiger partial charge in [-0.3, -0.25) is 9.48 Å². The maximum absolute atomic E-state index is 13.3. The van der Waals surface area contributed by atoms with Gasteiger partial charge in [0.1, 0.15) is 29.8 Å². The van der Waals surface area contributed by atoms with Gasteiger partial charge in [0.05, 0.1) is 6.54 Å². The number of ether oxygens (including phenoxy) is 1. The van der Waals surface area contributed by atoms with E-state index in [0.717, 1.165) is 0 Å². The van der Waals surface area contributed by atoms with Crippen LogP contribution in [0.3, 0.4) is 0 Å². The molecule has 2 atom stereocenters. The lowest BCUT2D eigenvalue weighted by Crippen LogP contribution is -2.58. The smallest absolute Gasteiger partial charge is 0.244 e.